The number of halogens is 2. The van der Waals surface area contributed by atoms with E-state index in [1.165, 1.54) is 19.1 Å². The first kappa shape index (κ1) is 21.1. The standard InChI is InChI=1S/C16H20Cl2N2O5/c1-9(25-12-6-5-10(17)7-11(12)18)14(22)24-8-13(21)19-15(23)20-16(2,3)4/h5-7,9H,8H2,1-4H3,(H2,19,20,21,23)/t9-/m0/s1. The lowest BCUT2D eigenvalue weighted by Crippen LogP contribution is -2.49. The van der Waals surface area contributed by atoms with Crippen molar-refractivity contribution in [2.45, 2.75) is 39.3 Å². The maximum atomic E-state index is 11.8. The number of imide groups is 1. The van der Waals surface area contributed by atoms with Crippen molar-refractivity contribution in [1.82, 2.24) is 10.6 Å². The van der Waals surface area contributed by atoms with Crippen LogP contribution in [0.5, 0.6) is 5.75 Å². The summed E-state index contributed by atoms with van der Waals surface area (Å²) in [5.74, 6) is -1.28. The molecule has 9 heteroatoms. The Bertz CT molecular complexity index is 658. The van der Waals surface area contributed by atoms with E-state index in [1.807, 2.05) is 0 Å². The van der Waals surface area contributed by atoms with Gasteiger partial charge in [0.05, 0.1) is 5.02 Å². The van der Waals surface area contributed by atoms with Gasteiger partial charge in [-0.25, -0.2) is 9.59 Å². The molecule has 0 radical (unpaired) electrons. The zero-order chi connectivity index (χ0) is 19.2. The number of carbonyl (C=O) groups is 3. The van der Waals surface area contributed by atoms with Gasteiger partial charge in [0.1, 0.15) is 5.75 Å². The van der Waals surface area contributed by atoms with Crippen LogP contribution >= 0.6 is 23.2 Å². The average molecular weight is 391 g/mol. The summed E-state index contributed by atoms with van der Waals surface area (Å²) in [4.78, 5) is 35.0. The van der Waals surface area contributed by atoms with Crippen LogP contribution in [0.25, 0.3) is 0 Å². The zero-order valence-electron chi connectivity index (χ0n) is 14.3. The van der Waals surface area contributed by atoms with Crippen molar-refractivity contribution in [3.63, 3.8) is 0 Å². The van der Waals surface area contributed by atoms with Crippen molar-refractivity contribution in [2.75, 3.05) is 6.61 Å². The van der Waals surface area contributed by atoms with Crippen LogP contribution in [0.15, 0.2) is 18.2 Å². The Balaban J connectivity index is 2.45. The van der Waals surface area contributed by atoms with E-state index < -0.39 is 36.2 Å². The van der Waals surface area contributed by atoms with Gasteiger partial charge in [-0.2, -0.15) is 0 Å². The molecule has 0 saturated heterocycles. The van der Waals surface area contributed by atoms with Gasteiger partial charge in [-0.05, 0) is 45.9 Å². The van der Waals surface area contributed by atoms with Crippen LogP contribution in [-0.4, -0.2) is 36.2 Å². The van der Waals surface area contributed by atoms with Crippen LogP contribution in [0.3, 0.4) is 0 Å². The molecule has 0 bridgehead atoms. The molecule has 1 atom stereocenters. The topological polar surface area (TPSA) is 93.7 Å². The Labute approximate surface area is 155 Å². The quantitative estimate of drug-likeness (QED) is 0.753. The van der Waals surface area contributed by atoms with Crippen LogP contribution in [0.1, 0.15) is 27.7 Å². The minimum atomic E-state index is -1.00. The van der Waals surface area contributed by atoms with Crippen LogP contribution in [0, 0.1) is 0 Å². The monoisotopic (exact) mass is 390 g/mol. The SMILES string of the molecule is C[C@H](Oc1ccc(Cl)cc1Cl)C(=O)OCC(=O)NC(=O)NC(C)(C)C. The summed E-state index contributed by atoms with van der Waals surface area (Å²) in [6.07, 6.45) is -1.00. The van der Waals surface area contributed by atoms with Crippen molar-refractivity contribution >= 4 is 41.1 Å². The Morgan fingerprint density at radius 2 is 1.84 bits per heavy atom. The largest absolute Gasteiger partial charge is 0.477 e. The van der Waals surface area contributed by atoms with Gasteiger partial charge >= 0.3 is 12.0 Å². The third-order valence-corrected chi connectivity index (χ3v) is 3.15. The summed E-state index contributed by atoms with van der Waals surface area (Å²) in [5.41, 5.74) is -0.499. The molecule has 0 saturated carbocycles. The molecule has 138 valence electrons. The first-order valence-corrected chi connectivity index (χ1v) is 8.14. The summed E-state index contributed by atoms with van der Waals surface area (Å²) < 4.78 is 10.2. The van der Waals surface area contributed by atoms with Crippen LogP contribution in [-0.2, 0) is 14.3 Å². The predicted molar refractivity (Wildman–Crippen MR) is 93.9 cm³/mol. The number of ether oxygens (including phenoxy) is 2. The minimum Gasteiger partial charge on any atom is -0.477 e. The van der Waals surface area contributed by atoms with Gasteiger partial charge in [0.15, 0.2) is 12.7 Å². The van der Waals surface area contributed by atoms with E-state index >= 15 is 0 Å². The number of nitrogens with one attached hydrogen (secondary N) is 2. The number of benzene rings is 1. The molecule has 1 rings (SSSR count). The second-order valence-electron chi connectivity index (χ2n) is 6.19. The summed E-state index contributed by atoms with van der Waals surface area (Å²) in [5, 5.41) is 5.26. The van der Waals surface area contributed by atoms with E-state index in [9.17, 15) is 14.4 Å². The molecule has 0 aliphatic heterocycles. The predicted octanol–water partition coefficient (Wildman–Crippen LogP) is 2.93. The molecule has 0 heterocycles. The van der Waals surface area contributed by atoms with Crippen molar-refractivity contribution in [1.29, 1.82) is 0 Å². The van der Waals surface area contributed by atoms with Gasteiger partial charge in [-0.15, -0.1) is 0 Å². The molecule has 0 aliphatic carbocycles. The second kappa shape index (κ2) is 8.92. The summed E-state index contributed by atoms with van der Waals surface area (Å²) in [7, 11) is 0. The maximum absolute atomic E-state index is 11.8. The van der Waals surface area contributed by atoms with E-state index in [2.05, 4.69) is 10.6 Å². The van der Waals surface area contributed by atoms with E-state index in [0.717, 1.165) is 0 Å². The second-order valence-corrected chi connectivity index (χ2v) is 7.04. The highest BCUT2D eigenvalue weighted by Gasteiger charge is 2.20. The van der Waals surface area contributed by atoms with Crippen molar-refractivity contribution in [3.8, 4) is 5.75 Å². The molecule has 7 nitrogen and oxygen atoms in total. The van der Waals surface area contributed by atoms with Crippen molar-refractivity contribution in [3.05, 3.63) is 28.2 Å². The normalized spacial score (nSPS) is 12.1. The van der Waals surface area contributed by atoms with E-state index in [4.69, 9.17) is 32.7 Å². The molecule has 0 fully saturated rings. The molecule has 0 unspecified atom stereocenters. The van der Waals surface area contributed by atoms with Gasteiger partial charge in [0.2, 0.25) is 0 Å². The molecular weight excluding hydrogens is 371 g/mol. The Morgan fingerprint density at radius 1 is 1.20 bits per heavy atom. The average Bonchev–Trinajstić information content (AvgIpc) is 2.45. The Morgan fingerprint density at radius 3 is 2.40 bits per heavy atom. The van der Waals surface area contributed by atoms with Gasteiger partial charge in [0, 0.05) is 10.6 Å². The van der Waals surface area contributed by atoms with Gasteiger partial charge < -0.3 is 14.8 Å². The Hall–Kier alpha value is -1.99. The fraction of sp³-hybridized carbons (Fsp3) is 0.438. The molecule has 1 aromatic rings. The number of urea groups is 1. The van der Waals surface area contributed by atoms with Gasteiger partial charge in [-0.1, -0.05) is 23.2 Å². The Kier molecular flexibility index (Phi) is 7.51. The number of hydrogen-bond acceptors (Lipinski definition) is 5. The lowest BCUT2D eigenvalue weighted by molar-refractivity contribution is -0.154. The summed E-state index contributed by atoms with van der Waals surface area (Å²) in [6, 6.07) is 3.86. The van der Waals surface area contributed by atoms with Crippen LogP contribution in [0.2, 0.25) is 10.0 Å². The smallest absolute Gasteiger partial charge is 0.347 e. The molecule has 0 aliphatic rings. The molecule has 0 spiro atoms. The molecule has 1 aromatic carbocycles. The van der Waals surface area contributed by atoms with Crippen molar-refractivity contribution < 1.29 is 23.9 Å². The molecular formula is C16H20Cl2N2O5. The van der Waals surface area contributed by atoms with Crippen molar-refractivity contribution in [2.24, 2.45) is 0 Å². The highest BCUT2D eigenvalue weighted by atomic mass is 35.5. The van der Waals surface area contributed by atoms with E-state index in [1.54, 1.807) is 26.8 Å². The highest BCUT2D eigenvalue weighted by molar-refractivity contribution is 6.35. The molecule has 25 heavy (non-hydrogen) atoms. The third-order valence-electron chi connectivity index (χ3n) is 2.62. The fourth-order valence-corrected chi connectivity index (χ4v) is 2.05. The van der Waals surface area contributed by atoms with Gasteiger partial charge in [0.25, 0.3) is 5.91 Å². The lowest BCUT2D eigenvalue weighted by atomic mass is 10.1. The van der Waals surface area contributed by atoms with E-state index in [-0.39, 0.29) is 10.8 Å². The first-order chi connectivity index (χ1) is 11.5. The number of hydrogen-bond donors (Lipinski definition) is 2. The summed E-state index contributed by atoms with van der Waals surface area (Å²) in [6.45, 7) is 6.11. The number of carbonyl (C=O) groups excluding carboxylic acids is 3. The minimum absolute atomic E-state index is 0.240. The fourth-order valence-electron chi connectivity index (χ4n) is 1.60. The summed E-state index contributed by atoms with van der Waals surface area (Å²) >= 11 is 11.7. The van der Waals surface area contributed by atoms with Crippen LogP contribution < -0.4 is 15.4 Å². The lowest BCUT2D eigenvalue weighted by Gasteiger charge is -2.20. The number of esters is 1. The first-order valence-electron chi connectivity index (χ1n) is 7.38. The number of rotatable bonds is 5. The number of amides is 3. The third kappa shape index (κ3) is 8.09. The highest BCUT2D eigenvalue weighted by Crippen LogP contribution is 2.28. The van der Waals surface area contributed by atoms with Crippen LogP contribution in [0.4, 0.5) is 4.79 Å². The molecule has 3 amide bonds. The molecule has 0 aromatic heterocycles. The molecule has 2 N–H and O–H groups in total. The van der Waals surface area contributed by atoms with Gasteiger partial charge in [-0.3, -0.25) is 10.1 Å². The zero-order valence-corrected chi connectivity index (χ0v) is 15.8. The maximum Gasteiger partial charge on any atom is 0.347 e. The van der Waals surface area contributed by atoms with E-state index in [0.29, 0.717) is 5.02 Å².